The Bertz CT molecular complexity index is 657. The van der Waals surface area contributed by atoms with Gasteiger partial charge in [0.15, 0.2) is 12.4 Å². The van der Waals surface area contributed by atoms with E-state index in [4.69, 9.17) is 4.74 Å². The Hall–Kier alpha value is -2.69. The van der Waals surface area contributed by atoms with Gasteiger partial charge in [0.25, 0.3) is 5.91 Å². The Morgan fingerprint density at radius 1 is 1.19 bits per heavy atom. The Morgan fingerprint density at radius 2 is 1.86 bits per heavy atom. The minimum Gasteiger partial charge on any atom is -0.480 e. The standard InChI is InChI=1S/C16H14FNO3/c1-11(21-15-9-5-2-6-12(15)10-19)16(20)18-14-8-4-3-7-13(14)17/h2-11H,1H3,(H,18,20)/t11-/m1/s1. The van der Waals surface area contributed by atoms with Gasteiger partial charge in [-0.05, 0) is 31.2 Å². The van der Waals surface area contributed by atoms with Gasteiger partial charge in [-0.3, -0.25) is 9.59 Å². The number of hydrogen-bond donors (Lipinski definition) is 1. The van der Waals surface area contributed by atoms with Crippen molar-refractivity contribution in [2.24, 2.45) is 0 Å². The molecule has 0 saturated heterocycles. The van der Waals surface area contributed by atoms with E-state index in [-0.39, 0.29) is 5.69 Å². The highest BCUT2D eigenvalue weighted by atomic mass is 19.1. The first-order valence-electron chi connectivity index (χ1n) is 6.38. The first-order chi connectivity index (χ1) is 10.1. The molecule has 2 aromatic rings. The van der Waals surface area contributed by atoms with Gasteiger partial charge in [-0.1, -0.05) is 24.3 Å². The van der Waals surface area contributed by atoms with Crippen LogP contribution in [0, 0.1) is 5.82 Å². The normalized spacial score (nSPS) is 11.5. The first-order valence-corrected chi connectivity index (χ1v) is 6.38. The number of halogens is 1. The molecule has 0 spiro atoms. The smallest absolute Gasteiger partial charge is 0.265 e. The monoisotopic (exact) mass is 287 g/mol. The van der Waals surface area contributed by atoms with Crippen LogP contribution in [0.4, 0.5) is 10.1 Å². The summed E-state index contributed by atoms with van der Waals surface area (Å²) < 4.78 is 18.9. The molecule has 1 N–H and O–H groups in total. The van der Waals surface area contributed by atoms with E-state index >= 15 is 0 Å². The molecular formula is C16H14FNO3. The predicted molar refractivity (Wildman–Crippen MR) is 76.9 cm³/mol. The van der Waals surface area contributed by atoms with Gasteiger partial charge in [0.1, 0.15) is 11.6 Å². The molecule has 108 valence electrons. The van der Waals surface area contributed by atoms with Crippen LogP contribution in [-0.4, -0.2) is 18.3 Å². The molecule has 0 aromatic heterocycles. The van der Waals surface area contributed by atoms with E-state index in [2.05, 4.69) is 5.32 Å². The molecule has 2 rings (SSSR count). The van der Waals surface area contributed by atoms with Crippen molar-refractivity contribution in [1.29, 1.82) is 0 Å². The molecule has 1 atom stereocenters. The van der Waals surface area contributed by atoms with Crippen molar-refractivity contribution in [2.75, 3.05) is 5.32 Å². The van der Waals surface area contributed by atoms with Gasteiger partial charge in [0.2, 0.25) is 0 Å². The molecule has 0 unspecified atom stereocenters. The molecule has 0 aliphatic carbocycles. The number of aldehydes is 1. The average Bonchev–Trinajstić information content (AvgIpc) is 2.50. The van der Waals surface area contributed by atoms with Crippen LogP contribution in [0.5, 0.6) is 5.75 Å². The summed E-state index contributed by atoms with van der Waals surface area (Å²) in [5, 5.41) is 2.44. The second kappa shape index (κ2) is 6.65. The van der Waals surface area contributed by atoms with Crippen LogP contribution in [0.1, 0.15) is 17.3 Å². The molecular weight excluding hydrogens is 273 g/mol. The molecule has 0 heterocycles. The van der Waals surface area contributed by atoms with Crippen molar-refractivity contribution in [3.8, 4) is 5.75 Å². The number of amides is 1. The molecule has 0 saturated carbocycles. The van der Waals surface area contributed by atoms with Crippen molar-refractivity contribution in [1.82, 2.24) is 0 Å². The number of nitrogens with one attached hydrogen (secondary N) is 1. The average molecular weight is 287 g/mol. The number of benzene rings is 2. The van der Waals surface area contributed by atoms with E-state index in [1.54, 1.807) is 30.3 Å². The Morgan fingerprint density at radius 3 is 2.57 bits per heavy atom. The van der Waals surface area contributed by atoms with Crippen molar-refractivity contribution in [3.63, 3.8) is 0 Å². The van der Waals surface area contributed by atoms with E-state index in [0.717, 1.165) is 0 Å². The minimum atomic E-state index is -0.870. The number of anilines is 1. The molecule has 0 radical (unpaired) electrons. The molecule has 1 amide bonds. The molecule has 0 aliphatic heterocycles. The zero-order valence-electron chi connectivity index (χ0n) is 11.4. The highest BCUT2D eigenvalue weighted by Gasteiger charge is 2.17. The predicted octanol–water partition coefficient (Wildman–Crippen LogP) is 3.04. The van der Waals surface area contributed by atoms with Gasteiger partial charge >= 0.3 is 0 Å². The van der Waals surface area contributed by atoms with Gasteiger partial charge in [0.05, 0.1) is 11.3 Å². The molecule has 2 aromatic carbocycles. The summed E-state index contributed by atoms with van der Waals surface area (Å²) in [5.74, 6) is -0.712. The van der Waals surface area contributed by atoms with Crippen LogP contribution in [-0.2, 0) is 4.79 Å². The van der Waals surface area contributed by atoms with Crippen LogP contribution in [0.3, 0.4) is 0 Å². The van der Waals surface area contributed by atoms with Crippen LogP contribution >= 0.6 is 0 Å². The highest BCUT2D eigenvalue weighted by Crippen LogP contribution is 2.18. The summed E-state index contributed by atoms with van der Waals surface area (Å²) in [6.07, 6.45) is -0.220. The fourth-order valence-corrected chi connectivity index (χ4v) is 1.73. The molecule has 4 nitrogen and oxygen atoms in total. The lowest BCUT2D eigenvalue weighted by atomic mass is 10.2. The third-order valence-corrected chi connectivity index (χ3v) is 2.85. The molecule has 21 heavy (non-hydrogen) atoms. The van der Waals surface area contributed by atoms with E-state index in [1.165, 1.54) is 25.1 Å². The zero-order valence-corrected chi connectivity index (χ0v) is 11.4. The quantitative estimate of drug-likeness (QED) is 0.860. The maximum Gasteiger partial charge on any atom is 0.265 e. The molecule has 5 heteroatoms. The highest BCUT2D eigenvalue weighted by molar-refractivity contribution is 5.94. The summed E-state index contributed by atoms with van der Waals surface area (Å²) >= 11 is 0. The number of hydrogen-bond acceptors (Lipinski definition) is 3. The summed E-state index contributed by atoms with van der Waals surface area (Å²) in [6, 6.07) is 12.4. The number of ether oxygens (including phenoxy) is 1. The molecule has 0 bridgehead atoms. The molecule has 0 fully saturated rings. The van der Waals surface area contributed by atoms with Gasteiger partial charge in [-0.2, -0.15) is 0 Å². The summed E-state index contributed by atoms with van der Waals surface area (Å²) in [6.45, 7) is 1.53. The van der Waals surface area contributed by atoms with E-state index in [1.807, 2.05) is 0 Å². The summed E-state index contributed by atoms with van der Waals surface area (Å²) in [7, 11) is 0. The van der Waals surface area contributed by atoms with Crippen molar-refractivity contribution >= 4 is 17.9 Å². The van der Waals surface area contributed by atoms with Crippen molar-refractivity contribution in [3.05, 3.63) is 59.9 Å². The second-order valence-electron chi connectivity index (χ2n) is 4.38. The summed E-state index contributed by atoms with van der Waals surface area (Å²) in [4.78, 5) is 22.9. The SMILES string of the molecule is C[C@@H](Oc1ccccc1C=O)C(=O)Nc1ccccc1F. The van der Waals surface area contributed by atoms with Crippen LogP contribution in [0.2, 0.25) is 0 Å². The van der Waals surface area contributed by atoms with Crippen molar-refractivity contribution in [2.45, 2.75) is 13.0 Å². The second-order valence-corrected chi connectivity index (χ2v) is 4.38. The topological polar surface area (TPSA) is 55.4 Å². The Balaban J connectivity index is 2.06. The zero-order chi connectivity index (χ0) is 15.2. The fourth-order valence-electron chi connectivity index (χ4n) is 1.73. The number of carbonyl (C=O) groups excluding carboxylic acids is 2. The van der Waals surface area contributed by atoms with Crippen LogP contribution < -0.4 is 10.1 Å². The molecule has 0 aliphatic rings. The van der Waals surface area contributed by atoms with Crippen LogP contribution in [0.15, 0.2) is 48.5 Å². The summed E-state index contributed by atoms with van der Waals surface area (Å²) in [5.41, 5.74) is 0.435. The lowest BCUT2D eigenvalue weighted by Gasteiger charge is -2.16. The van der Waals surface area contributed by atoms with E-state index in [0.29, 0.717) is 17.6 Å². The number of carbonyl (C=O) groups is 2. The lowest BCUT2D eigenvalue weighted by Crippen LogP contribution is -2.30. The largest absolute Gasteiger partial charge is 0.480 e. The van der Waals surface area contributed by atoms with Gasteiger partial charge < -0.3 is 10.1 Å². The third-order valence-electron chi connectivity index (χ3n) is 2.85. The lowest BCUT2D eigenvalue weighted by molar-refractivity contribution is -0.122. The minimum absolute atomic E-state index is 0.0848. The number of rotatable bonds is 5. The number of para-hydroxylation sites is 2. The fraction of sp³-hybridized carbons (Fsp3) is 0.125. The third kappa shape index (κ3) is 3.66. The Kier molecular flexibility index (Phi) is 4.66. The van der Waals surface area contributed by atoms with Gasteiger partial charge in [0, 0.05) is 0 Å². The van der Waals surface area contributed by atoms with Crippen molar-refractivity contribution < 1.29 is 18.7 Å². The van der Waals surface area contributed by atoms with Gasteiger partial charge in [-0.15, -0.1) is 0 Å². The van der Waals surface area contributed by atoms with Gasteiger partial charge in [-0.25, -0.2) is 4.39 Å². The first kappa shape index (κ1) is 14.7. The van der Waals surface area contributed by atoms with E-state index in [9.17, 15) is 14.0 Å². The van der Waals surface area contributed by atoms with Crippen LogP contribution in [0.25, 0.3) is 0 Å². The Labute approximate surface area is 121 Å². The maximum atomic E-state index is 13.5. The van der Waals surface area contributed by atoms with E-state index < -0.39 is 17.8 Å². The maximum absolute atomic E-state index is 13.5.